The van der Waals surface area contributed by atoms with Crippen LogP contribution in [0.4, 0.5) is 0 Å². The highest BCUT2D eigenvalue weighted by atomic mass is 16.5. The molecule has 0 aromatic rings. The Morgan fingerprint density at radius 1 is 1.53 bits per heavy atom. The molecule has 0 atom stereocenters. The lowest BCUT2D eigenvalue weighted by atomic mass is 9.81. The van der Waals surface area contributed by atoms with E-state index < -0.39 is 11.0 Å². The number of rotatable bonds is 4. The zero-order valence-corrected chi connectivity index (χ0v) is 10.7. The molecule has 0 aromatic carbocycles. The van der Waals surface area contributed by atoms with Crippen LogP contribution in [0.3, 0.4) is 0 Å². The predicted octanol–water partition coefficient (Wildman–Crippen LogP) is 0.848. The van der Waals surface area contributed by atoms with Crippen molar-refractivity contribution in [2.24, 2.45) is 5.41 Å². The van der Waals surface area contributed by atoms with E-state index in [1.807, 2.05) is 13.8 Å². The number of ether oxygens (including phenoxy) is 2. The number of nitriles is 1. The molecule has 5 heteroatoms. The quantitative estimate of drug-likeness (QED) is 0.790. The average Bonchev–Trinajstić information content (AvgIpc) is 2.37. The van der Waals surface area contributed by atoms with E-state index >= 15 is 0 Å². The fourth-order valence-electron chi connectivity index (χ4n) is 1.64. The molecule has 0 spiro atoms. The summed E-state index contributed by atoms with van der Waals surface area (Å²) in [5, 5.41) is 12.0. The molecule has 1 saturated heterocycles. The van der Waals surface area contributed by atoms with Gasteiger partial charge in [0, 0.05) is 26.9 Å². The molecule has 0 aliphatic carbocycles. The molecule has 5 nitrogen and oxygen atoms in total. The molecule has 1 heterocycles. The van der Waals surface area contributed by atoms with Crippen LogP contribution in [-0.4, -0.2) is 38.4 Å². The SMILES string of the molecule is COC(C)(C)CNC(=O)C1(C#N)CCOCC1. The summed E-state index contributed by atoms with van der Waals surface area (Å²) >= 11 is 0. The minimum atomic E-state index is -0.929. The molecule has 0 unspecified atom stereocenters. The number of nitrogens with one attached hydrogen (secondary N) is 1. The Morgan fingerprint density at radius 3 is 2.59 bits per heavy atom. The van der Waals surface area contributed by atoms with Gasteiger partial charge in [0.15, 0.2) is 0 Å². The van der Waals surface area contributed by atoms with Crippen LogP contribution < -0.4 is 5.32 Å². The molecule has 1 N–H and O–H groups in total. The number of carbonyl (C=O) groups is 1. The van der Waals surface area contributed by atoms with Crippen molar-refractivity contribution in [3.05, 3.63) is 0 Å². The summed E-state index contributed by atoms with van der Waals surface area (Å²) in [7, 11) is 1.60. The Hall–Kier alpha value is -1.12. The monoisotopic (exact) mass is 240 g/mol. The molecule has 0 bridgehead atoms. The molecule has 0 saturated carbocycles. The minimum Gasteiger partial charge on any atom is -0.381 e. The lowest BCUT2D eigenvalue weighted by molar-refractivity contribution is -0.133. The standard InChI is InChI=1S/C12H20N2O3/c1-11(2,16-3)9-14-10(15)12(8-13)4-6-17-7-5-12/h4-7,9H2,1-3H3,(H,14,15). The van der Waals surface area contributed by atoms with Crippen molar-refractivity contribution in [1.29, 1.82) is 5.26 Å². The predicted molar refractivity (Wildman–Crippen MR) is 62.2 cm³/mol. The van der Waals surface area contributed by atoms with Gasteiger partial charge in [0.1, 0.15) is 5.41 Å². The fraction of sp³-hybridized carbons (Fsp3) is 0.833. The fourth-order valence-corrected chi connectivity index (χ4v) is 1.64. The molecule has 1 aliphatic rings. The highest BCUT2D eigenvalue weighted by molar-refractivity contribution is 5.85. The van der Waals surface area contributed by atoms with Crippen molar-refractivity contribution >= 4 is 5.91 Å². The molecule has 17 heavy (non-hydrogen) atoms. The van der Waals surface area contributed by atoms with E-state index in [1.54, 1.807) is 7.11 Å². The molecule has 1 rings (SSSR count). The van der Waals surface area contributed by atoms with Gasteiger partial charge in [-0.2, -0.15) is 5.26 Å². The summed E-state index contributed by atoms with van der Waals surface area (Å²) < 4.78 is 10.4. The van der Waals surface area contributed by atoms with E-state index in [9.17, 15) is 10.1 Å². The molecular weight excluding hydrogens is 220 g/mol. The van der Waals surface area contributed by atoms with Gasteiger partial charge in [-0.25, -0.2) is 0 Å². The Morgan fingerprint density at radius 2 is 2.12 bits per heavy atom. The highest BCUT2D eigenvalue weighted by Crippen LogP contribution is 2.29. The average molecular weight is 240 g/mol. The summed E-state index contributed by atoms with van der Waals surface area (Å²) in [5.74, 6) is -0.214. The molecule has 0 aromatic heterocycles. The zero-order chi connectivity index (χ0) is 12.9. The van der Waals surface area contributed by atoms with Crippen LogP contribution in [0.15, 0.2) is 0 Å². The second-order valence-corrected chi connectivity index (χ2v) is 4.95. The summed E-state index contributed by atoms with van der Waals surface area (Å²) in [4.78, 5) is 12.1. The van der Waals surface area contributed by atoms with Crippen LogP contribution in [-0.2, 0) is 14.3 Å². The number of amides is 1. The summed E-state index contributed by atoms with van der Waals surface area (Å²) in [6.07, 6.45) is 0.922. The molecule has 1 amide bonds. The minimum absolute atomic E-state index is 0.214. The van der Waals surface area contributed by atoms with E-state index in [0.29, 0.717) is 32.6 Å². The lowest BCUT2D eigenvalue weighted by Gasteiger charge is -2.31. The Bertz CT molecular complexity index is 314. The van der Waals surface area contributed by atoms with Crippen molar-refractivity contribution in [3.63, 3.8) is 0 Å². The summed E-state index contributed by atoms with van der Waals surface area (Å²) in [5.41, 5.74) is -1.35. The van der Waals surface area contributed by atoms with Gasteiger partial charge in [-0.3, -0.25) is 4.79 Å². The maximum atomic E-state index is 12.1. The van der Waals surface area contributed by atoms with E-state index in [1.165, 1.54) is 0 Å². The molecular formula is C12H20N2O3. The maximum absolute atomic E-state index is 12.1. The molecule has 96 valence electrons. The molecule has 0 radical (unpaired) electrons. The normalized spacial score (nSPS) is 19.4. The van der Waals surface area contributed by atoms with Gasteiger partial charge in [-0.05, 0) is 26.7 Å². The third-order valence-electron chi connectivity index (χ3n) is 3.22. The van der Waals surface area contributed by atoms with Crippen LogP contribution in [0.25, 0.3) is 0 Å². The van der Waals surface area contributed by atoms with Crippen molar-refractivity contribution in [1.82, 2.24) is 5.32 Å². The van der Waals surface area contributed by atoms with E-state index in [4.69, 9.17) is 9.47 Å². The third kappa shape index (κ3) is 3.42. The Balaban J connectivity index is 2.59. The van der Waals surface area contributed by atoms with E-state index in [0.717, 1.165) is 0 Å². The van der Waals surface area contributed by atoms with Gasteiger partial charge in [0.25, 0.3) is 0 Å². The van der Waals surface area contributed by atoms with Crippen LogP contribution in [0.2, 0.25) is 0 Å². The highest BCUT2D eigenvalue weighted by Gasteiger charge is 2.40. The first-order valence-corrected chi connectivity index (χ1v) is 5.78. The molecule has 1 aliphatic heterocycles. The first-order valence-electron chi connectivity index (χ1n) is 5.78. The summed E-state index contributed by atoms with van der Waals surface area (Å²) in [6.45, 7) is 5.10. The van der Waals surface area contributed by atoms with Crippen molar-refractivity contribution < 1.29 is 14.3 Å². The summed E-state index contributed by atoms with van der Waals surface area (Å²) in [6, 6.07) is 2.14. The van der Waals surface area contributed by atoms with Crippen molar-refractivity contribution in [2.45, 2.75) is 32.3 Å². The van der Waals surface area contributed by atoms with Crippen LogP contribution >= 0.6 is 0 Å². The lowest BCUT2D eigenvalue weighted by Crippen LogP contribution is -2.48. The van der Waals surface area contributed by atoms with Gasteiger partial charge in [-0.15, -0.1) is 0 Å². The third-order valence-corrected chi connectivity index (χ3v) is 3.22. The number of hydrogen-bond donors (Lipinski definition) is 1. The van der Waals surface area contributed by atoms with Crippen LogP contribution in [0, 0.1) is 16.7 Å². The Labute approximate surface area is 102 Å². The van der Waals surface area contributed by atoms with Crippen molar-refractivity contribution in [3.8, 4) is 6.07 Å². The van der Waals surface area contributed by atoms with E-state index in [-0.39, 0.29) is 5.91 Å². The van der Waals surface area contributed by atoms with Crippen LogP contribution in [0.5, 0.6) is 0 Å². The van der Waals surface area contributed by atoms with Gasteiger partial charge in [-0.1, -0.05) is 0 Å². The second kappa shape index (κ2) is 5.48. The van der Waals surface area contributed by atoms with Gasteiger partial charge in [0.2, 0.25) is 5.91 Å². The van der Waals surface area contributed by atoms with Crippen molar-refractivity contribution in [2.75, 3.05) is 26.9 Å². The maximum Gasteiger partial charge on any atom is 0.240 e. The Kier molecular flexibility index (Phi) is 4.49. The molecule has 1 fully saturated rings. The number of carbonyl (C=O) groups excluding carboxylic acids is 1. The van der Waals surface area contributed by atoms with Gasteiger partial charge < -0.3 is 14.8 Å². The largest absolute Gasteiger partial charge is 0.381 e. The number of hydrogen-bond acceptors (Lipinski definition) is 4. The number of methoxy groups -OCH3 is 1. The zero-order valence-electron chi connectivity index (χ0n) is 10.7. The first-order chi connectivity index (χ1) is 7.96. The van der Waals surface area contributed by atoms with Gasteiger partial charge in [0.05, 0.1) is 11.7 Å². The topological polar surface area (TPSA) is 71.3 Å². The van der Waals surface area contributed by atoms with Gasteiger partial charge >= 0.3 is 0 Å². The first kappa shape index (κ1) is 13.9. The number of nitrogens with zero attached hydrogens (tertiary/aromatic N) is 1. The van der Waals surface area contributed by atoms with E-state index in [2.05, 4.69) is 11.4 Å². The van der Waals surface area contributed by atoms with Crippen LogP contribution in [0.1, 0.15) is 26.7 Å². The smallest absolute Gasteiger partial charge is 0.240 e. The second-order valence-electron chi connectivity index (χ2n) is 4.95.